The van der Waals surface area contributed by atoms with Crippen molar-refractivity contribution in [3.8, 4) is 0 Å². The standard InChI is InChI=1S/C10H15ClN2O2S/c1-6(14)7(2)16-10-4-8(11)12-9(13-10)5-15-3/h4,6-7,14H,5H2,1-3H3. The molecule has 0 aromatic carbocycles. The van der Waals surface area contributed by atoms with E-state index < -0.39 is 6.10 Å². The number of methoxy groups -OCH3 is 1. The zero-order chi connectivity index (χ0) is 12.1. The number of thioether (sulfide) groups is 1. The molecule has 4 nitrogen and oxygen atoms in total. The summed E-state index contributed by atoms with van der Waals surface area (Å²) in [6.45, 7) is 4.01. The average Bonchev–Trinajstić information content (AvgIpc) is 2.16. The van der Waals surface area contributed by atoms with Gasteiger partial charge in [0, 0.05) is 18.4 Å². The summed E-state index contributed by atoms with van der Waals surface area (Å²) in [6, 6.07) is 1.68. The van der Waals surface area contributed by atoms with Crippen LogP contribution in [0.1, 0.15) is 19.7 Å². The van der Waals surface area contributed by atoms with Crippen LogP contribution in [0.25, 0.3) is 0 Å². The molecule has 0 aliphatic carbocycles. The van der Waals surface area contributed by atoms with Crippen LogP contribution < -0.4 is 0 Å². The molecule has 0 saturated heterocycles. The number of halogens is 1. The molecule has 0 bridgehead atoms. The Morgan fingerprint density at radius 2 is 2.19 bits per heavy atom. The second-order valence-corrected chi connectivity index (χ2v) is 5.23. The number of aliphatic hydroxyl groups excluding tert-OH is 1. The Bertz CT molecular complexity index is 350. The number of hydrogen-bond acceptors (Lipinski definition) is 5. The lowest BCUT2D eigenvalue weighted by Crippen LogP contribution is -2.15. The normalized spacial score (nSPS) is 14.8. The Hall–Kier alpha value is -0.360. The number of aromatic nitrogens is 2. The second kappa shape index (κ2) is 6.39. The zero-order valence-corrected chi connectivity index (χ0v) is 11.0. The van der Waals surface area contributed by atoms with Gasteiger partial charge in [0.15, 0.2) is 5.82 Å². The van der Waals surface area contributed by atoms with E-state index in [9.17, 15) is 5.11 Å². The molecule has 1 N–H and O–H groups in total. The molecule has 1 aromatic rings. The maximum atomic E-state index is 9.40. The molecule has 1 heterocycles. The minimum Gasteiger partial charge on any atom is -0.392 e. The molecule has 1 aromatic heterocycles. The van der Waals surface area contributed by atoms with E-state index in [4.69, 9.17) is 16.3 Å². The first-order chi connectivity index (χ1) is 7.52. The fraction of sp³-hybridized carbons (Fsp3) is 0.600. The van der Waals surface area contributed by atoms with Gasteiger partial charge in [-0.2, -0.15) is 0 Å². The smallest absolute Gasteiger partial charge is 0.156 e. The maximum absolute atomic E-state index is 9.40. The number of ether oxygens (including phenoxy) is 1. The molecule has 0 saturated carbocycles. The molecule has 0 radical (unpaired) electrons. The third-order valence-corrected chi connectivity index (χ3v) is 3.39. The minimum absolute atomic E-state index is 0.0568. The first-order valence-corrected chi connectivity index (χ1v) is 6.15. The molecule has 0 aliphatic heterocycles. The molecule has 0 aliphatic rings. The molecule has 0 spiro atoms. The molecule has 0 amide bonds. The lowest BCUT2D eigenvalue weighted by atomic mass is 10.3. The highest BCUT2D eigenvalue weighted by atomic mass is 35.5. The van der Waals surface area contributed by atoms with E-state index >= 15 is 0 Å². The lowest BCUT2D eigenvalue weighted by molar-refractivity contribution is 0.177. The van der Waals surface area contributed by atoms with Gasteiger partial charge >= 0.3 is 0 Å². The van der Waals surface area contributed by atoms with Crippen molar-refractivity contribution in [1.82, 2.24) is 9.97 Å². The van der Waals surface area contributed by atoms with Crippen LogP contribution in [0.5, 0.6) is 0 Å². The van der Waals surface area contributed by atoms with E-state index in [2.05, 4.69) is 9.97 Å². The summed E-state index contributed by atoms with van der Waals surface area (Å²) in [5.74, 6) is 0.551. The van der Waals surface area contributed by atoms with Gasteiger partial charge in [0.25, 0.3) is 0 Å². The van der Waals surface area contributed by atoms with Crippen molar-refractivity contribution in [1.29, 1.82) is 0 Å². The third kappa shape index (κ3) is 4.25. The van der Waals surface area contributed by atoms with Crippen LogP contribution in [-0.2, 0) is 11.3 Å². The van der Waals surface area contributed by atoms with E-state index in [1.54, 1.807) is 20.1 Å². The topological polar surface area (TPSA) is 55.2 Å². The van der Waals surface area contributed by atoms with Crippen molar-refractivity contribution in [3.05, 3.63) is 17.0 Å². The molecule has 0 fully saturated rings. The maximum Gasteiger partial charge on any atom is 0.156 e. The Morgan fingerprint density at radius 3 is 2.75 bits per heavy atom. The Morgan fingerprint density at radius 1 is 1.50 bits per heavy atom. The van der Waals surface area contributed by atoms with E-state index in [0.29, 0.717) is 17.6 Å². The fourth-order valence-electron chi connectivity index (χ4n) is 0.985. The van der Waals surface area contributed by atoms with Crippen molar-refractivity contribution >= 4 is 23.4 Å². The van der Waals surface area contributed by atoms with E-state index in [1.807, 2.05) is 6.92 Å². The minimum atomic E-state index is -0.399. The van der Waals surface area contributed by atoms with E-state index in [1.165, 1.54) is 11.8 Å². The van der Waals surface area contributed by atoms with Gasteiger partial charge in [-0.1, -0.05) is 18.5 Å². The van der Waals surface area contributed by atoms with Crippen molar-refractivity contribution in [2.24, 2.45) is 0 Å². The summed E-state index contributed by atoms with van der Waals surface area (Å²) in [4.78, 5) is 8.31. The van der Waals surface area contributed by atoms with Crippen LogP contribution >= 0.6 is 23.4 Å². The van der Waals surface area contributed by atoms with Gasteiger partial charge in [0.05, 0.1) is 6.10 Å². The van der Waals surface area contributed by atoms with Gasteiger partial charge in [-0.15, -0.1) is 11.8 Å². The van der Waals surface area contributed by atoms with Crippen LogP contribution in [0, 0.1) is 0 Å². The van der Waals surface area contributed by atoms with Gasteiger partial charge < -0.3 is 9.84 Å². The molecule has 1 rings (SSSR count). The van der Waals surface area contributed by atoms with Crippen molar-refractivity contribution in [2.75, 3.05) is 7.11 Å². The SMILES string of the molecule is COCc1nc(Cl)cc(SC(C)C(C)O)n1. The van der Waals surface area contributed by atoms with Gasteiger partial charge in [-0.05, 0) is 6.92 Å². The Labute approximate surface area is 104 Å². The first-order valence-electron chi connectivity index (χ1n) is 4.90. The highest BCUT2D eigenvalue weighted by Crippen LogP contribution is 2.25. The highest BCUT2D eigenvalue weighted by molar-refractivity contribution is 7.99. The monoisotopic (exact) mass is 262 g/mol. The van der Waals surface area contributed by atoms with Gasteiger partial charge in [0.1, 0.15) is 16.8 Å². The number of rotatable bonds is 5. The summed E-state index contributed by atoms with van der Waals surface area (Å²) < 4.78 is 4.95. The summed E-state index contributed by atoms with van der Waals surface area (Å²) in [5.41, 5.74) is 0. The van der Waals surface area contributed by atoms with Crippen LogP contribution in [0.15, 0.2) is 11.1 Å². The summed E-state index contributed by atoms with van der Waals surface area (Å²) in [7, 11) is 1.58. The van der Waals surface area contributed by atoms with Crippen LogP contribution in [0.2, 0.25) is 5.15 Å². The molecule has 2 unspecified atom stereocenters. The number of hydrogen-bond donors (Lipinski definition) is 1. The van der Waals surface area contributed by atoms with Crippen molar-refractivity contribution in [3.63, 3.8) is 0 Å². The highest BCUT2D eigenvalue weighted by Gasteiger charge is 2.12. The van der Waals surface area contributed by atoms with E-state index in [0.717, 1.165) is 5.03 Å². The van der Waals surface area contributed by atoms with Crippen LogP contribution in [-0.4, -0.2) is 33.5 Å². The molecule has 2 atom stereocenters. The van der Waals surface area contributed by atoms with Gasteiger partial charge in [-0.25, -0.2) is 9.97 Å². The predicted octanol–water partition coefficient (Wildman–Crippen LogP) is 2.14. The average molecular weight is 263 g/mol. The summed E-state index contributed by atoms with van der Waals surface area (Å²) >= 11 is 7.33. The van der Waals surface area contributed by atoms with Crippen molar-refractivity contribution < 1.29 is 9.84 Å². The Kier molecular flexibility index (Phi) is 5.48. The molecule has 90 valence electrons. The predicted molar refractivity (Wildman–Crippen MR) is 64.8 cm³/mol. The zero-order valence-electron chi connectivity index (χ0n) is 9.48. The van der Waals surface area contributed by atoms with Crippen LogP contribution in [0.4, 0.5) is 0 Å². The summed E-state index contributed by atoms with van der Waals surface area (Å²) in [6.07, 6.45) is -0.399. The quantitative estimate of drug-likeness (QED) is 0.651. The molecule has 6 heteroatoms. The number of aliphatic hydroxyl groups is 1. The number of nitrogens with zero attached hydrogens (tertiary/aromatic N) is 2. The van der Waals surface area contributed by atoms with Crippen molar-refractivity contribution in [2.45, 2.75) is 36.8 Å². The largest absolute Gasteiger partial charge is 0.392 e. The third-order valence-electron chi connectivity index (χ3n) is 1.98. The molecular formula is C10H15ClN2O2S. The second-order valence-electron chi connectivity index (χ2n) is 3.44. The van der Waals surface area contributed by atoms with Crippen LogP contribution in [0.3, 0.4) is 0 Å². The first kappa shape index (κ1) is 13.7. The Balaban J connectivity index is 2.79. The molecular weight excluding hydrogens is 248 g/mol. The van der Waals surface area contributed by atoms with E-state index in [-0.39, 0.29) is 5.25 Å². The van der Waals surface area contributed by atoms with Gasteiger partial charge in [0.2, 0.25) is 0 Å². The lowest BCUT2D eigenvalue weighted by Gasteiger charge is -2.13. The summed E-state index contributed by atoms with van der Waals surface area (Å²) in [5, 5.41) is 10.6. The fourth-order valence-corrected chi connectivity index (χ4v) is 2.17. The van der Waals surface area contributed by atoms with Gasteiger partial charge in [-0.3, -0.25) is 0 Å². The molecule has 16 heavy (non-hydrogen) atoms.